The Hall–Kier alpha value is -3.79. The Morgan fingerprint density at radius 2 is 0.740 bits per heavy atom. The van der Waals surface area contributed by atoms with Crippen molar-refractivity contribution < 1.29 is 42.9 Å². The predicted molar refractivity (Wildman–Crippen MR) is 324 cm³/mol. The average molecular weight is 1080 g/mol. The Balaban J connectivity index is 4.23. The fourth-order valence-electron chi connectivity index (χ4n) is 8.51. The number of carbonyl (C=O) groups is 3. The summed E-state index contributed by atoms with van der Waals surface area (Å²) in [6.45, 7) is 4.63. The van der Waals surface area contributed by atoms with Gasteiger partial charge in [0, 0.05) is 12.8 Å². The molecule has 0 fully saturated rings. The van der Waals surface area contributed by atoms with Crippen molar-refractivity contribution in [2.24, 2.45) is 0 Å². The molecule has 0 N–H and O–H groups in total. The first-order valence-corrected chi connectivity index (χ1v) is 31.4. The Labute approximate surface area is 473 Å². The average Bonchev–Trinajstić information content (AvgIpc) is 3.40. The van der Waals surface area contributed by atoms with E-state index in [0.29, 0.717) is 17.4 Å². The van der Waals surface area contributed by atoms with Gasteiger partial charge in [-0.15, -0.1) is 0 Å². The molecule has 0 aromatic rings. The Morgan fingerprint density at radius 3 is 1.10 bits per heavy atom. The fraction of sp³-hybridized carbons (Fsp3) is 0.721. The number of quaternary nitrogens is 1. The molecule has 9 heteroatoms. The summed E-state index contributed by atoms with van der Waals surface area (Å²) in [6.07, 6.45) is 76.0. The number of esters is 2. The SMILES string of the molecule is CC/C=C\C/C=C\C/C=C\C/C=C\C/C=C\C/C=C\CCCCCCCCCCCCC(=O)OC(COC(=O)CCCCCCCCCCCCC/C=C\C/C=C\CCCCCCC)COC(OCC[N+](C)(C)C)C(=O)[O-]. The normalized spacial score (nSPS) is 13.4. The summed E-state index contributed by atoms with van der Waals surface area (Å²) in [4.78, 5) is 37.4. The van der Waals surface area contributed by atoms with E-state index in [-0.39, 0.29) is 38.6 Å². The molecule has 0 aliphatic rings. The number of allylic oxidation sites excluding steroid dienone is 16. The Bertz CT molecular complexity index is 1580. The van der Waals surface area contributed by atoms with Crippen LogP contribution < -0.4 is 5.11 Å². The number of ether oxygens (including phenoxy) is 4. The summed E-state index contributed by atoms with van der Waals surface area (Å²) in [6, 6.07) is 0. The summed E-state index contributed by atoms with van der Waals surface area (Å²) in [7, 11) is 5.92. The summed E-state index contributed by atoms with van der Waals surface area (Å²) in [5.41, 5.74) is 0. The molecule has 2 unspecified atom stereocenters. The molecule has 0 bridgehead atoms. The highest BCUT2D eigenvalue weighted by atomic mass is 16.7. The van der Waals surface area contributed by atoms with Gasteiger partial charge in [-0.3, -0.25) is 9.59 Å². The topological polar surface area (TPSA) is 111 Å². The minimum atomic E-state index is -1.63. The van der Waals surface area contributed by atoms with Crippen LogP contribution in [-0.4, -0.2) is 82.3 Å². The van der Waals surface area contributed by atoms with Gasteiger partial charge in [-0.1, -0.05) is 246 Å². The monoisotopic (exact) mass is 1080 g/mol. The lowest BCUT2D eigenvalue weighted by molar-refractivity contribution is -0.870. The summed E-state index contributed by atoms with van der Waals surface area (Å²) >= 11 is 0. The second-order valence-corrected chi connectivity index (χ2v) is 22.0. The molecule has 77 heavy (non-hydrogen) atoms. The molecule has 9 nitrogen and oxygen atoms in total. The summed E-state index contributed by atoms with van der Waals surface area (Å²) in [5, 5.41) is 11.8. The highest BCUT2D eigenvalue weighted by molar-refractivity contribution is 5.70. The van der Waals surface area contributed by atoms with Gasteiger partial charge >= 0.3 is 11.9 Å². The molecule has 0 aromatic carbocycles. The number of rotatable bonds is 57. The molecule has 0 spiro atoms. The zero-order valence-corrected chi connectivity index (χ0v) is 50.3. The lowest BCUT2D eigenvalue weighted by Crippen LogP contribution is -2.44. The van der Waals surface area contributed by atoms with Gasteiger partial charge in [-0.05, 0) is 96.3 Å². The first kappa shape index (κ1) is 73.2. The molecule has 0 aliphatic heterocycles. The highest BCUT2D eigenvalue weighted by Crippen LogP contribution is 2.16. The largest absolute Gasteiger partial charge is 0.545 e. The van der Waals surface area contributed by atoms with Crippen molar-refractivity contribution in [2.75, 3.05) is 47.5 Å². The molecule has 442 valence electrons. The fourth-order valence-corrected chi connectivity index (χ4v) is 8.51. The highest BCUT2D eigenvalue weighted by Gasteiger charge is 2.22. The van der Waals surface area contributed by atoms with Crippen molar-refractivity contribution in [1.82, 2.24) is 0 Å². The van der Waals surface area contributed by atoms with Gasteiger partial charge in [-0.2, -0.15) is 0 Å². The quantitative estimate of drug-likeness (QED) is 0.0195. The van der Waals surface area contributed by atoms with Crippen LogP contribution in [0.2, 0.25) is 0 Å². The van der Waals surface area contributed by atoms with Crippen LogP contribution in [-0.2, 0) is 33.3 Å². The molecule has 0 aliphatic carbocycles. The van der Waals surface area contributed by atoms with E-state index in [0.717, 1.165) is 89.9 Å². The van der Waals surface area contributed by atoms with Crippen LogP contribution in [0.3, 0.4) is 0 Å². The summed E-state index contributed by atoms with van der Waals surface area (Å²) < 4.78 is 22.7. The van der Waals surface area contributed by atoms with Crippen LogP contribution in [0.4, 0.5) is 0 Å². The van der Waals surface area contributed by atoms with Crippen molar-refractivity contribution in [1.29, 1.82) is 0 Å². The van der Waals surface area contributed by atoms with Crippen LogP contribution in [0.25, 0.3) is 0 Å². The third-order valence-corrected chi connectivity index (χ3v) is 13.3. The number of carbonyl (C=O) groups excluding carboxylic acids is 3. The van der Waals surface area contributed by atoms with E-state index >= 15 is 0 Å². The molecule has 0 saturated heterocycles. The van der Waals surface area contributed by atoms with E-state index in [1.54, 1.807) is 0 Å². The molecule has 0 radical (unpaired) electrons. The molecular weight excluding hydrogens is 959 g/mol. The molecule has 0 heterocycles. The van der Waals surface area contributed by atoms with Gasteiger partial charge < -0.3 is 33.3 Å². The summed E-state index contributed by atoms with van der Waals surface area (Å²) in [5.74, 6) is -2.29. The van der Waals surface area contributed by atoms with Crippen molar-refractivity contribution in [3.05, 3.63) is 97.2 Å². The van der Waals surface area contributed by atoms with Crippen molar-refractivity contribution in [3.63, 3.8) is 0 Å². The van der Waals surface area contributed by atoms with Gasteiger partial charge in [0.05, 0.1) is 40.3 Å². The second-order valence-electron chi connectivity index (χ2n) is 22.0. The van der Waals surface area contributed by atoms with Gasteiger partial charge in [0.15, 0.2) is 12.4 Å². The van der Waals surface area contributed by atoms with Gasteiger partial charge in [0.25, 0.3) is 0 Å². The number of unbranched alkanes of at least 4 members (excludes halogenated alkanes) is 26. The lowest BCUT2D eigenvalue weighted by Gasteiger charge is -2.26. The molecule has 0 aromatic heterocycles. The second kappa shape index (κ2) is 58.4. The van der Waals surface area contributed by atoms with Gasteiger partial charge in [0.2, 0.25) is 0 Å². The van der Waals surface area contributed by atoms with E-state index in [4.69, 9.17) is 18.9 Å². The Morgan fingerprint density at radius 1 is 0.403 bits per heavy atom. The first-order valence-electron chi connectivity index (χ1n) is 31.4. The third-order valence-electron chi connectivity index (χ3n) is 13.3. The van der Waals surface area contributed by atoms with E-state index in [1.165, 1.54) is 135 Å². The minimum Gasteiger partial charge on any atom is -0.545 e. The number of carboxylic acids is 1. The molecule has 0 rings (SSSR count). The van der Waals surface area contributed by atoms with Gasteiger partial charge in [0.1, 0.15) is 13.2 Å². The predicted octanol–water partition coefficient (Wildman–Crippen LogP) is 17.6. The molecule has 0 saturated carbocycles. The van der Waals surface area contributed by atoms with E-state index in [9.17, 15) is 19.5 Å². The number of aliphatic carboxylic acids is 1. The smallest absolute Gasteiger partial charge is 0.306 e. The Kier molecular flexibility index (Phi) is 55.5. The zero-order valence-electron chi connectivity index (χ0n) is 50.3. The lowest BCUT2D eigenvalue weighted by atomic mass is 10.0. The van der Waals surface area contributed by atoms with Crippen molar-refractivity contribution in [2.45, 2.75) is 270 Å². The van der Waals surface area contributed by atoms with Crippen molar-refractivity contribution in [3.8, 4) is 0 Å². The number of likely N-dealkylation sites (N-methyl/N-ethyl adjacent to an activating group) is 1. The minimum absolute atomic E-state index is 0.142. The van der Waals surface area contributed by atoms with Crippen LogP contribution in [0.1, 0.15) is 258 Å². The molecule has 0 amide bonds. The zero-order chi connectivity index (χ0) is 56.2. The van der Waals surface area contributed by atoms with Gasteiger partial charge in [-0.25, -0.2) is 0 Å². The number of hydrogen-bond donors (Lipinski definition) is 0. The number of hydrogen-bond acceptors (Lipinski definition) is 8. The standard InChI is InChI=1S/C68H117NO8/c1-6-8-10-12-14-16-18-20-22-24-26-28-30-31-32-33-34-35-37-39-41-43-45-47-49-51-53-55-57-59-66(71)77-64(63-76-68(67(72)73)74-61-60-69(3,4)5)62-75-65(70)58-56-54-52-50-48-46-44-42-40-38-36-29-27-25-23-21-19-17-15-13-11-9-7-2/h8,10,14,16,19-22,25-28,31-32,34-35,64,68H,6-7,9,11-13,15,17-18,23-24,29-30,33,36-63H2,1-5H3/b10-8-,16-14-,21-19-,22-20-,27-25-,28-26-,32-31-,35-34-. The maximum Gasteiger partial charge on any atom is 0.306 e. The number of nitrogens with zero attached hydrogens (tertiary/aromatic N) is 1. The van der Waals surface area contributed by atoms with E-state index < -0.39 is 24.3 Å². The maximum absolute atomic E-state index is 12.9. The van der Waals surface area contributed by atoms with Crippen LogP contribution in [0.5, 0.6) is 0 Å². The van der Waals surface area contributed by atoms with Crippen LogP contribution in [0, 0.1) is 0 Å². The number of carboxylic acid groups (broad SMARTS) is 1. The van der Waals surface area contributed by atoms with E-state index in [2.05, 4.69) is 111 Å². The van der Waals surface area contributed by atoms with Crippen molar-refractivity contribution >= 4 is 17.9 Å². The van der Waals surface area contributed by atoms with E-state index in [1.807, 2.05) is 21.1 Å². The molecule has 2 atom stereocenters. The molecular formula is C68H117NO8. The first-order chi connectivity index (χ1) is 37.6. The van der Waals surface area contributed by atoms with Crippen LogP contribution in [0.15, 0.2) is 97.2 Å². The van der Waals surface area contributed by atoms with Crippen LogP contribution >= 0.6 is 0 Å². The maximum atomic E-state index is 12.9. The third kappa shape index (κ3) is 59.7.